The molecule has 0 aliphatic heterocycles. The van der Waals surface area contributed by atoms with Gasteiger partial charge in [-0.3, -0.25) is 4.79 Å². The molecule has 0 unspecified atom stereocenters. The molecule has 0 aliphatic rings. The summed E-state index contributed by atoms with van der Waals surface area (Å²) in [5.41, 5.74) is 0.252. The quantitative estimate of drug-likeness (QED) is 0.746. The van der Waals surface area contributed by atoms with Crippen LogP contribution in [-0.4, -0.2) is 29.7 Å². The van der Waals surface area contributed by atoms with Crippen LogP contribution in [0.4, 0.5) is 0 Å². The number of aromatic nitrogens is 1. The van der Waals surface area contributed by atoms with Gasteiger partial charge in [-0.25, -0.2) is 9.59 Å². The highest BCUT2D eigenvalue weighted by Crippen LogP contribution is 2.22. The maximum atomic E-state index is 12.9. The third kappa shape index (κ3) is 3.65. The lowest BCUT2D eigenvalue weighted by Gasteiger charge is -2.20. The van der Waals surface area contributed by atoms with E-state index in [9.17, 15) is 14.4 Å². The smallest absolute Gasteiger partial charge is 0.343 e. The van der Waals surface area contributed by atoms with Crippen molar-refractivity contribution >= 4 is 23.5 Å². The molecule has 1 heterocycles. The largest absolute Gasteiger partial charge is 0.462 e. The number of nitrogens with zero attached hydrogens (tertiary/aromatic N) is 1. The highest BCUT2D eigenvalue weighted by molar-refractivity contribution is 6.30. The van der Waals surface area contributed by atoms with Crippen LogP contribution in [0.5, 0.6) is 0 Å². The molecule has 26 heavy (non-hydrogen) atoms. The normalized spacial score (nSPS) is 10.5. The Morgan fingerprint density at radius 3 is 1.92 bits per heavy atom. The van der Waals surface area contributed by atoms with Crippen molar-refractivity contribution in [2.75, 3.05) is 13.2 Å². The number of hydrogen-bond donors (Lipinski definition) is 0. The van der Waals surface area contributed by atoms with Crippen molar-refractivity contribution in [1.82, 2.24) is 4.57 Å². The molecule has 7 heteroatoms. The molecule has 0 saturated heterocycles. The summed E-state index contributed by atoms with van der Waals surface area (Å²) in [6.07, 6.45) is 0. The Hall–Kier alpha value is -2.60. The number of esters is 2. The Morgan fingerprint density at radius 2 is 1.50 bits per heavy atom. The van der Waals surface area contributed by atoms with E-state index in [1.807, 2.05) is 0 Å². The Bertz CT molecular complexity index is 869. The Labute approximate surface area is 156 Å². The first-order valence-electron chi connectivity index (χ1n) is 8.19. The van der Waals surface area contributed by atoms with Crippen LogP contribution in [0.2, 0.25) is 5.02 Å². The number of carbonyl (C=O) groups excluding carboxylic acids is 2. The van der Waals surface area contributed by atoms with Gasteiger partial charge in [0.25, 0.3) is 0 Å². The number of hydrogen-bond acceptors (Lipinski definition) is 5. The van der Waals surface area contributed by atoms with Gasteiger partial charge in [-0.2, -0.15) is 0 Å². The van der Waals surface area contributed by atoms with Gasteiger partial charge in [-0.15, -0.1) is 0 Å². The number of rotatable bonds is 5. The zero-order valence-electron chi connectivity index (χ0n) is 15.1. The summed E-state index contributed by atoms with van der Waals surface area (Å²) in [5, 5.41) is 0.482. The third-order valence-electron chi connectivity index (χ3n) is 3.87. The van der Waals surface area contributed by atoms with E-state index in [1.54, 1.807) is 56.5 Å². The summed E-state index contributed by atoms with van der Waals surface area (Å²) < 4.78 is 11.6. The second-order valence-corrected chi connectivity index (χ2v) is 5.94. The second kappa shape index (κ2) is 8.19. The standard InChI is InChI=1S/C19H20ClNO5/c1-5-25-18(23)15-11(3)21(14-9-7-8-13(20)10-14)12(4)16(17(15)22)19(24)26-6-2/h7-10H,5-6H2,1-4H3. The zero-order chi connectivity index (χ0) is 19.4. The second-order valence-electron chi connectivity index (χ2n) is 5.51. The first-order valence-corrected chi connectivity index (χ1v) is 8.57. The molecular formula is C19H20ClNO5. The summed E-state index contributed by atoms with van der Waals surface area (Å²) in [7, 11) is 0. The first-order chi connectivity index (χ1) is 12.3. The number of pyridine rings is 1. The Morgan fingerprint density at radius 1 is 1.00 bits per heavy atom. The van der Waals surface area contributed by atoms with Gasteiger partial charge in [-0.1, -0.05) is 17.7 Å². The number of halogens is 1. The van der Waals surface area contributed by atoms with Crippen LogP contribution < -0.4 is 5.43 Å². The molecule has 0 radical (unpaired) electrons. The molecule has 6 nitrogen and oxygen atoms in total. The van der Waals surface area contributed by atoms with Crippen molar-refractivity contribution in [1.29, 1.82) is 0 Å². The molecular weight excluding hydrogens is 358 g/mol. The minimum Gasteiger partial charge on any atom is -0.462 e. The van der Waals surface area contributed by atoms with Gasteiger partial charge in [0, 0.05) is 22.1 Å². The van der Waals surface area contributed by atoms with Gasteiger partial charge >= 0.3 is 11.9 Å². The first kappa shape index (κ1) is 19.7. The average Bonchev–Trinajstić information content (AvgIpc) is 2.55. The molecule has 2 rings (SSSR count). The third-order valence-corrected chi connectivity index (χ3v) is 4.11. The van der Waals surface area contributed by atoms with Gasteiger partial charge in [0.05, 0.1) is 13.2 Å². The minimum atomic E-state index is -0.781. The number of benzene rings is 1. The number of ether oxygens (including phenoxy) is 2. The lowest BCUT2D eigenvalue weighted by molar-refractivity contribution is 0.0519. The van der Waals surface area contributed by atoms with Crippen LogP contribution in [0.15, 0.2) is 29.1 Å². The molecule has 0 atom stereocenters. The fourth-order valence-electron chi connectivity index (χ4n) is 2.82. The summed E-state index contributed by atoms with van der Waals surface area (Å²) in [5.74, 6) is -1.56. The van der Waals surface area contributed by atoms with Crippen molar-refractivity contribution in [3.05, 3.63) is 62.0 Å². The molecule has 0 saturated carbocycles. The predicted molar refractivity (Wildman–Crippen MR) is 98.4 cm³/mol. The monoisotopic (exact) mass is 377 g/mol. The zero-order valence-corrected chi connectivity index (χ0v) is 15.8. The van der Waals surface area contributed by atoms with E-state index in [0.29, 0.717) is 22.1 Å². The lowest BCUT2D eigenvalue weighted by Crippen LogP contribution is -2.31. The summed E-state index contributed by atoms with van der Waals surface area (Å²) in [6.45, 7) is 6.74. The van der Waals surface area contributed by atoms with E-state index in [4.69, 9.17) is 21.1 Å². The topological polar surface area (TPSA) is 74.6 Å². The van der Waals surface area contributed by atoms with Crippen LogP contribution >= 0.6 is 11.6 Å². The number of carbonyl (C=O) groups is 2. The predicted octanol–water partition coefficient (Wildman–Crippen LogP) is 3.46. The SMILES string of the molecule is CCOC(=O)c1c(C)n(-c2cccc(Cl)c2)c(C)c(C(=O)OCC)c1=O. The Kier molecular flexibility index (Phi) is 6.21. The van der Waals surface area contributed by atoms with E-state index >= 15 is 0 Å². The van der Waals surface area contributed by atoms with Gasteiger partial charge < -0.3 is 14.0 Å². The van der Waals surface area contributed by atoms with E-state index < -0.39 is 17.4 Å². The molecule has 0 amide bonds. The van der Waals surface area contributed by atoms with Gasteiger partial charge in [0.1, 0.15) is 11.1 Å². The van der Waals surface area contributed by atoms with Crippen molar-refractivity contribution in [3.8, 4) is 5.69 Å². The lowest BCUT2D eigenvalue weighted by atomic mass is 10.0. The van der Waals surface area contributed by atoms with Crippen LogP contribution in [-0.2, 0) is 9.47 Å². The van der Waals surface area contributed by atoms with Crippen LogP contribution in [0.25, 0.3) is 5.69 Å². The molecule has 0 fully saturated rings. The molecule has 0 N–H and O–H groups in total. The van der Waals surface area contributed by atoms with E-state index in [1.165, 1.54) is 0 Å². The summed E-state index contributed by atoms with van der Waals surface area (Å²) in [6, 6.07) is 6.88. The Balaban J connectivity index is 2.89. The van der Waals surface area contributed by atoms with E-state index in [-0.39, 0.29) is 24.3 Å². The van der Waals surface area contributed by atoms with E-state index in [0.717, 1.165) is 0 Å². The minimum absolute atomic E-state index is 0.109. The van der Waals surface area contributed by atoms with Crippen molar-refractivity contribution in [2.45, 2.75) is 27.7 Å². The maximum absolute atomic E-state index is 12.9. The molecule has 2 aromatic rings. The average molecular weight is 378 g/mol. The molecule has 0 bridgehead atoms. The molecule has 1 aromatic carbocycles. The van der Waals surface area contributed by atoms with Crippen molar-refractivity contribution < 1.29 is 19.1 Å². The fourth-order valence-corrected chi connectivity index (χ4v) is 3.00. The maximum Gasteiger partial charge on any atom is 0.343 e. The van der Waals surface area contributed by atoms with Crippen molar-refractivity contribution in [2.24, 2.45) is 0 Å². The highest BCUT2D eigenvalue weighted by Gasteiger charge is 2.27. The van der Waals surface area contributed by atoms with Crippen molar-refractivity contribution in [3.63, 3.8) is 0 Å². The highest BCUT2D eigenvalue weighted by atomic mass is 35.5. The molecule has 1 aromatic heterocycles. The van der Waals surface area contributed by atoms with Gasteiger partial charge in [0.2, 0.25) is 5.43 Å². The fraction of sp³-hybridized carbons (Fsp3) is 0.316. The summed E-state index contributed by atoms with van der Waals surface area (Å²) >= 11 is 6.08. The van der Waals surface area contributed by atoms with Crippen LogP contribution in [0.3, 0.4) is 0 Å². The van der Waals surface area contributed by atoms with Crippen LogP contribution in [0.1, 0.15) is 46.0 Å². The summed E-state index contributed by atoms with van der Waals surface area (Å²) in [4.78, 5) is 37.6. The van der Waals surface area contributed by atoms with Crippen LogP contribution in [0, 0.1) is 13.8 Å². The molecule has 0 aliphatic carbocycles. The molecule has 0 spiro atoms. The van der Waals surface area contributed by atoms with E-state index in [2.05, 4.69) is 0 Å². The van der Waals surface area contributed by atoms with Gasteiger partial charge in [0.15, 0.2) is 0 Å². The van der Waals surface area contributed by atoms with Gasteiger partial charge in [-0.05, 0) is 45.9 Å². The molecule has 138 valence electrons.